The predicted octanol–water partition coefficient (Wildman–Crippen LogP) is 1.19. The average Bonchev–Trinajstić information content (AvgIpc) is 1.88. The molecule has 0 amide bonds. The van der Waals surface area contributed by atoms with Crippen LogP contribution in [0.2, 0.25) is 0 Å². The van der Waals surface area contributed by atoms with E-state index in [4.69, 9.17) is 21.6 Å². The van der Waals surface area contributed by atoms with Crippen LogP contribution in [0.15, 0.2) is 0 Å². The van der Waals surface area contributed by atoms with Crippen LogP contribution >= 0.6 is 11.6 Å². The molecule has 0 aliphatic rings. The van der Waals surface area contributed by atoms with Crippen LogP contribution in [-0.2, 0) is 0 Å². The maximum atomic E-state index is 8.54. The topological polar surface area (TPSA) is 40.5 Å². The minimum Gasteiger partial charge on any atom is -0.426 e. The Morgan fingerprint density at radius 3 is 2.40 bits per heavy atom. The van der Waals surface area contributed by atoms with Crippen LogP contribution in [0.4, 0.5) is 0 Å². The highest BCUT2D eigenvalue weighted by atomic mass is 35.5. The first-order chi connectivity index (χ1) is 4.68. The summed E-state index contributed by atoms with van der Waals surface area (Å²) in [5.74, 6) is 0. The van der Waals surface area contributed by atoms with Crippen molar-refractivity contribution in [2.24, 2.45) is 0 Å². The third-order valence-corrected chi connectivity index (χ3v) is 1.85. The van der Waals surface area contributed by atoms with Gasteiger partial charge in [-0.15, -0.1) is 11.6 Å². The van der Waals surface area contributed by atoms with Crippen LogP contribution in [0.5, 0.6) is 0 Å². The maximum Gasteiger partial charge on any atom is 0.470 e. The van der Waals surface area contributed by atoms with Gasteiger partial charge < -0.3 is 10.0 Å². The lowest BCUT2D eigenvalue weighted by Crippen LogP contribution is -2.25. The Labute approximate surface area is 67.3 Å². The highest BCUT2D eigenvalue weighted by molar-refractivity contribution is 6.57. The summed E-state index contributed by atoms with van der Waals surface area (Å²) >= 11 is 5.55. The van der Waals surface area contributed by atoms with E-state index in [0.29, 0.717) is 6.42 Å². The molecule has 0 aromatic rings. The van der Waals surface area contributed by atoms with E-state index in [1.807, 2.05) is 0 Å². The fourth-order valence-corrected chi connectivity index (χ4v) is 0.893. The standard InChI is InChI=1S/C6H14BClO2/c1-2-3-4-5-6(8)7(9)10/h6,9-10H,2-5H2,1H3. The first-order valence-electron chi connectivity index (χ1n) is 3.68. The summed E-state index contributed by atoms with van der Waals surface area (Å²) in [6, 6.07) is 0. The van der Waals surface area contributed by atoms with Gasteiger partial charge >= 0.3 is 7.12 Å². The average molecular weight is 164 g/mol. The number of alkyl halides is 1. The summed E-state index contributed by atoms with van der Waals surface area (Å²) in [5, 5.41) is 16.6. The molecular formula is C6H14BClO2. The van der Waals surface area contributed by atoms with Gasteiger partial charge in [-0.05, 0) is 6.42 Å². The smallest absolute Gasteiger partial charge is 0.426 e. The van der Waals surface area contributed by atoms with Crippen molar-refractivity contribution in [1.29, 1.82) is 0 Å². The molecule has 2 N–H and O–H groups in total. The van der Waals surface area contributed by atoms with E-state index in [0.717, 1.165) is 19.3 Å². The Kier molecular flexibility index (Phi) is 6.18. The van der Waals surface area contributed by atoms with Crippen molar-refractivity contribution in [2.45, 2.75) is 37.9 Å². The second-order valence-electron chi connectivity index (χ2n) is 2.43. The summed E-state index contributed by atoms with van der Waals surface area (Å²) in [4.78, 5) is 0. The maximum absolute atomic E-state index is 8.54. The molecule has 0 aromatic carbocycles. The zero-order valence-corrected chi connectivity index (χ0v) is 7.01. The van der Waals surface area contributed by atoms with Gasteiger partial charge in [0.25, 0.3) is 0 Å². The van der Waals surface area contributed by atoms with Crippen molar-refractivity contribution < 1.29 is 10.0 Å². The lowest BCUT2D eigenvalue weighted by Gasteiger charge is -2.05. The SMILES string of the molecule is CCCCCC(Cl)B(O)O. The minimum absolute atomic E-state index is 0.494. The number of unbranched alkanes of at least 4 members (excludes halogenated alkanes) is 2. The summed E-state index contributed by atoms with van der Waals surface area (Å²) < 4.78 is 0. The van der Waals surface area contributed by atoms with Gasteiger partial charge in [-0.3, -0.25) is 0 Å². The molecule has 0 saturated carbocycles. The Morgan fingerprint density at radius 1 is 1.40 bits per heavy atom. The summed E-state index contributed by atoms with van der Waals surface area (Å²) in [6.07, 6.45) is 3.90. The monoisotopic (exact) mass is 164 g/mol. The molecule has 0 rings (SSSR count). The molecule has 0 aromatic heterocycles. The number of halogens is 1. The molecule has 0 spiro atoms. The molecule has 0 radical (unpaired) electrons. The lowest BCUT2D eigenvalue weighted by molar-refractivity contribution is 0.396. The minimum atomic E-state index is -1.36. The van der Waals surface area contributed by atoms with E-state index < -0.39 is 12.4 Å². The van der Waals surface area contributed by atoms with Crippen LogP contribution in [0.25, 0.3) is 0 Å². The van der Waals surface area contributed by atoms with Gasteiger partial charge in [0, 0.05) is 0 Å². The van der Waals surface area contributed by atoms with Crippen molar-refractivity contribution in [3.8, 4) is 0 Å². The number of hydrogen-bond donors (Lipinski definition) is 2. The van der Waals surface area contributed by atoms with Gasteiger partial charge in [-0.1, -0.05) is 26.2 Å². The Hall–Kier alpha value is 0.275. The molecule has 1 atom stereocenters. The second-order valence-corrected chi connectivity index (χ2v) is 2.99. The molecule has 1 unspecified atom stereocenters. The second kappa shape index (κ2) is 6.02. The molecule has 10 heavy (non-hydrogen) atoms. The van der Waals surface area contributed by atoms with Gasteiger partial charge in [0.15, 0.2) is 0 Å². The quantitative estimate of drug-likeness (QED) is 0.364. The third-order valence-electron chi connectivity index (χ3n) is 1.41. The van der Waals surface area contributed by atoms with Crippen molar-refractivity contribution >= 4 is 18.7 Å². The van der Waals surface area contributed by atoms with E-state index in [9.17, 15) is 0 Å². The van der Waals surface area contributed by atoms with Gasteiger partial charge in [0.05, 0.1) is 5.28 Å². The predicted molar refractivity (Wildman–Crippen MR) is 44.0 cm³/mol. The van der Waals surface area contributed by atoms with E-state index in [1.165, 1.54) is 0 Å². The first kappa shape index (κ1) is 10.3. The molecule has 2 nitrogen and oxygen atoms in total. The molecular weight excluding hydrogens is 150 g/mol. The molecule has 60 valence electrons. The zero-order chi connectivity index (χ0) is 7.98. The molecule has 0 aliphatic carbocycles. The van der Waals surface area contributed by atoms with E-state index in [1.54, 1.807) is 0 Å². The van der Waals surface area contributed by atoms with Crippen LogP contribution in [0, 0.1) is 0 Å². The number of hydrogen-bond acceptors (Lipinski definition) is 2. The molecule has 0 aliphatic heterocycles. The van der Waals surface area contributed by atoms with Crippen LogP contribution in [0.1, 0.15) is 32.6 Å². The third kappa shape index (κ3) is 5.09. The highest BCUT2D eigenvalue weighted by Gasteiger charge is 2.19. The Bertz CT molecular complexity index is 80.1. The molecule has 0 heterocycles. The number of rotatable bonds is 5. The van der Waals surface area contributed by atoms with E-state index in [2.05, 4.69) is 6.92 Å². The van der Waals surface area contributed by atoms with Crippen LogP contribution in [0.3, 0.4) is 0 Å². The Morgan fingerprint density at radius 2 is 2.00 bits per heavy atom. The van der Waals surface area contributed by atoms with Crippen LogP contribution in [-0.4, -0.2) is 22.4 Å². The van der Waals surface area contributed by atoms with E-state index in [-0.39, 0.29) is 0 Å². The van der Waals surface area contributed by atoms with E-state index >= 15 is 0 Å². The Balaban J connectivity index is 3.13. The van der Waals surface area contributed by atoms with Gasteiger partial charge in [-0.25, -0.2) is 0 Å². The highest BCUT2D eigenvalue weighted by Crippen LogP contribution is 2.09. The van der Waals surface area contributed by atoms with Gasteiger partial charge in [0.1, 0.15) is 0 Å². The first-order valence-corrected chi connectivity index (χ1v) is 4.12. The van der Waals surface area contributed by atoms with Crippen molar-refractivity contribution in [3.63, 3.8) is 0 Å². The largest absolute Gasteiger partial charge is 0.470 e. The molecule has 0 saturated heterocycles. The van der Waals surface area contributed by atoms with Crippen LogP contribution < -0.4 is 0 Å². The lowest BCUT2D eigenvalue weighted by atomic mass is 9.82. The summed E-state index contributed by atoms with van der Waals surface area (Å²) in [6.45, 7) is 2.10. The zero-order valence-electron chi connectivity index (χ0n) is 6.26. The van der Waals surface area contributed by atoms with Gasteiger partial charge in [0.2, 0.25) is 0 Å². The molecule has 0 bridgehead atoms. The van der Waals surface area contributed by atoms with Gasteiger partial charge in [-0.2, -0.15) is 0 Å². The van der Waals surface area contributed by atoms with Crippen molar-refractivity contribution in [2.75, 3.05) is 0 Å². The molecule has 0 fully saturated rings. The van der Waals surface area contributed by atoms with Crippen molar-refractivity contribution in [1.82, 2.24) is 0 Å². The normalized spacial score (nSPS) is 13.2. The fraction of sp³-hybridized carbons (Fsp3) is 1.00. The van der Waals surface area contributed by atoms with Crippen molar-refractivity contribution in [3.05, 3.63) is 0 Å². The summed E-state index contributed by atoms with van der Waals surface area (Å²) in [5.41, 5.74) is 0. The fourth-order valence-electron chi connectivity index (χ4n) is 0.738. The molecule has 4 heteroatoms. The summed E-state index contributed by atoms with van der Waals surface area (Å²) in [7, 11) is -1.36.